The van der Waals surface area contributed by atoms with E-state index in [1.54, 1.807) is 12.1 Å². The second-order valence-corrected chi connectivity index (χ2v) is 8.45. The van der Waals surface area contributed by atoms with E-state index < -0.39 is 10.0 Å². The zero-order valence-corrected chi connectivity index (χ0v) is 14.5. The zero-order chi connectivity index (χ0) is 17.3. The van der Waals surface area contributed by atoms with Crippen LogP contribution >= 0.6 is 0 Å². The Morgan fingerprint density at radius 3 is 2.88 bits per heavy atom. The number of nitrogens with one attached hydrogen (secondary N) is 2. The molecule has 1 aromatic heterocycles. The molecule has 0 bridgehead atoms. The number of hydrogen-bond acceptors (Lipinski definition) is 4. The van der Waals surface area contributed by atoms with Gasteiger partial charge in [0.15, 0.2) is 0 Å². The lowest BCUT2D eigenvalue weighted by atomic mass is 10.1. The fraction of sp³-hybridized carbons (Fsp3) is 0.438. The van der Waals surface area contributed by atoms with Crippen LogP contribution in [0.1, 0.15) is 10.4 Å². The Hall–Kier alpha value is -1.90. The minimum absolute atomic E-state index is 0.0411. The van der Waals surface area contributed by atoms with Crippen LogP contribution in [-0.4, -0.2) is 62.7 Å². The molecule has 0 spiro atoms. The fourth-order valence-electron chi connectivity index (χ4n) is 2.78. The van der Waals surface area contributed by atoms with Crippen molar-refractivity contribution >= 4 is 26.8 Å². The number of H-pyrrole nitrogens is 1. The summed E-state index contributed by atoms with van der Waals surface area (Å²) in [5.74, 6) is -0.523. The number of nitrogens with zero attached hydrogens (tertiary/aromatic N) is 1. The summed E-state index contributed by atoms with van der Waals surface area (Å²) < 4.78 is 30.7. The summed E-state index contributed by atoms with van der Waals surface area (Å²) in [4.78, 5) is 15.5. The molecule has 1 saturated heterocycles. The largest absolute Gasteiger partial charge is 0.379 e. The molecule has 1 fully saturated rings. The lowest BCUT2D eigenvalue weighted by Gasteiger charge is -2.21. The molecule has 1 aromatic carbocycles. The molecule has 24 heavy (non-hydrogen) atoms. The maximum Gasteiger partial charge on any atom is 0.251 e. The van der Waals surface area contributed by atoms with E-state index in [0.717, 1.165) is 10.9 Å². The van der Waals surface area contributed by atoms with Gasteiger partial charge in [-0.05, 0) is 23.6 Å². The average molecular weight is 351 g/mol. The van der Waals surface area contributed by atoms with Gasteiger partial charge >= 0.3 is 0 Å². The molecule has 1 aliphatic heterocycles. The number of benzene rings is 1. The van der Waals surface area contributed by atoms with E-state index in [2.05, 4.69) is 10.3 Å². The van der Waals surface area contributed by atoms with Gasteiger partial charge < -0.3 is 15.0 Å². The molecule has 2 aromatic rings. The first kappa shape index (κ1) is 16.9. The first-order valence-electron chi connectivity index (χ1n) is 7.73. The van der Waals surface area contributed by atoms with Crippen LogP contribution in [0.2, 0.25) is 0 Å². The number of rotatable bonds is 5. The number of amides is 1. The summed E-state index contributed by atoms with van der Waals surface area (Å²) in [7, 11) is -0.331. The summed E-state index contributed by atoms with van der Waals surface area (Å²) in [5, 5.41) is 3.94. The number of ether oxygens (including phenoxy) is 1. The zero-order valence-electron chi connectivity index (χ0n) is 13.7. The molecule has 2 heterocycles. The Morgan fingerprint density at radius 2 is 2.12 bits per heavy atom. The van der Waals surface area contributed by atoms with Crippen molar-refractivity contribution in [3.8, 4) is 0 Å². The van der Waals surface area contributed by atoms with Crippen LogP contribution in [0.25, 0.3) is 10.9 Å². The number of aromatic amines is 1. The van der Waals surface area contributed by atoms with Crippen molar-refractivity contribution in [2.24, 2.45) is 5.92 Å². The summed E-state index contributed by atoms with van der Waals surface area (Å²) in [5.41, 5.74) is 1.42. The molecular formula is C16H21N3O4S. The van der Waals surface area contributed by atoms with E-state index in [1.807, 2.05) is 18.3 Å². The third-order valence-corrected chi connectivity index (χ3v) is 6.28. The quantitative estimate of drug-likeness (QED) is 0.834. The van der Waals surface area contributed by atoms with Gasteiger partial charge in [0.2, 0.25) is 10.0 Å². The van der Waals surface area contributed by atoms with Crippen LogP contribution in [0.15, 0.2) is 30.5 Å². The molecule has 130 valence electrons. The molecule has 3 rings (SSSR count). The van der Waals surface area contributed by atoms with Gasteiger partial charge in [0.05, 0.1) is 25.0 Å². The third kappa shape index (κ3) is 3.45. The number of carbonyl (C=O) groups is 1. The van der Waals surface area contributed by atoms with Crippen LogP contribution in [0.3, 0.4) is 0 Å². The van der Waals surface area contributed by atoms with Gasteiger partial charge in [0.25, 0.3) is 5.91 Å². The molecule has 1 aliphatic rings. The highest BCUT2D eigenvalue weighted by Crippen LogP contribution is 2.19. The van der Waals surface area contributed by atoms with Gasteiger partial charge in [0.1, 0.15) is 0 Å². The van der Waals surface area contributed by atoms with Crippen molar-refractivity contribution in [2.75, 3.05) is 33.1 Å². The Bertz CT molecular complexity index is 844. The van der Waals surface area contributed by atoms with Crippen molar-refractivity contribution in [1.82, 2.24) is 14.6 Å². The molecule has 0 aliphatic carbocycles. The number of fused-ring (bicyclic) bond motifs is 1. The minimum atomic E-state index is -3.34. The van der Waals surface area contributed by atoms with E-state index in [1.165, 1.54) is 18.4 Å². The lowest BCUT2D eigenvalue weighted by Crippen LogP contribution is -2.43. The van der Waals surface area contributed by atoms with Crippen molar-refractivity contribution in [3.05, 3.63) is 36.0 Å². The van der Waals surface area contributed by atoms with Crippen molar-refractivity contribution in [3.63, 3.8) is 0 Å². The van der Waals surface area contributed by atoms with E-state index in [0.29, 0.717) is 18.8 Å². The second kappa shape index (κ2) is 6.54. The monoisotopic (exact) mass is 351 g/mol. The fourth-order valence-corrected chi connectivity index (χ4v) is 3.95. The maximum atomic E-state index is 12.5. The van der Waals surface area contributed by atoms with E-state index in [4.69, 9.17) is 4.74 Å². The number of carbonyl (C=O) groups excluding carboxylic acids is 1. The highest BCUT2D eigenvalue weighted by Gasteiger charge is 2.34. The maximum absolute atomic E-state index is 12.5. The summed E-state index contributed by atoms with van der Waals surface area (Å²) in [6.07, 6.45) is 1.82. The molecule has 8 heteroatoms. The third-order valence-electron chi connectivity index (χ3n) is 4.31. The first-order chi connectivity index (χ1) is 11.4. The van der Waals surface area contributed by atoms with E-state index in [9.17, 15) is 13.2 Å². The molecular weight excluding hydrogens is 330 g/mol. The van der Waals surface area contributed by atoms with Crippen LogP contribution in [0.5, 0.6) is 0 Å². The Balaban J connectivity index is 1.70. The topological polar surface area (TPSA) is 91.5 Å². The normalized spacial score (nSPS) is 21.5. The van der Waals surface area contributed by atoms with Gasteiger partial charge in [-0.25, -0.2) is 12.7 Å². The van der Waals surface area contributed by atoms with Gasteiger partial charge in [-0.1, -0.05) is 6.07 Å². The lowest BCUT2D eigenvalue weighted by molar-refractivity contribution is 0.0926. The number of hydrogen-bond donors (Lipinski definition) is 2. The van der Waals surface area contributed by atoms with Crippen LogP contribution in [0, 0.1) is 5.92 Å². The molecule has 0 saturated carbocycles. The molecule has 1 amide bonds. The van der Waals surface area contributed by atoms with Gasteiger partial charge in [-0.2, -0.15) is 0 Å². The Kier molecular flexibility index (Phi) is 4.62. The van der Waals surface area contributed by atoms with Crippen LogP contribution in [-0.2, 0) is 14.8 Å². The standard InChI is InChI=1S/C16H21N3O4S/c1-19(2)24(21,22)10-13-8-23-9-15(13)18-16(20)12-4-3-11-5-6-17-14(11)7-12/h3-7,13,15,17H,8-10H2,1-2H3,(H,18,20)/t13-,15+/m0/s1. The molecule has 0 unspecified atom stereocenters. The van der Waals surface area contributed by atoms with Crippen LogP contribution in [0.4, 0.5) is 0 Å². The van der Waals surface area contributed by atoms with Gasteiger partial charge in [-0.15, -0.1) is 0 Å². The highest BCUT2D eigenvalue weighted by molar-refractivity contribution is 7.89. The van der Waals surface area contributed by atoms with Gasteiger partial charge in [-0.3, -0.25) is 4.79 Å². The summed E-state index contributed by atoms with van der Waals surface area (Å²) >= 11 is 0. The first-order valence-corrected chi connectivity index (χ1v) is 9.34. The summed E-state index contributed by atoms with van der Waals surface area (Å²) in [6.45, 7) is 0.651. The molecule has 0 radical (unpaired) electrons. The van der Waals surface area contributed by atoms with Crippen LogP contribution < -0.4 is 5.32 Å². The minimum Gasteiger partial charge on any atom is -0.379 e. The SMILES string of the molecule is CN(C)S(=O)(=O)C[C@@H]1COC[C@H]1NC(=O)c1ccc2cc[nH]c2c1. The van der Waals surface area contributed by atoms with Gasteiger partial charge in [0, 0.05) is 37.3 Å². The highest BCUT2D eigenvalue weighted by atomic mass is 32.2. The van der Waals surface area contributed by atoms with Crippen molar-refractivity contribution in [2.45, 2.75) is 6.04 Å². The van der Waals surface area contributed by atoms with E-state index in [-0.39, 0.29) is 23.6 Å². The molecule has 2 atom stereocenters. The smallest absolute Gasteiger partial charge is 0.251 e. The van der Waals surface area contributed by atoms with Crippen molar-refractivity contribution < 1.29 is 17.9 Å². The predicted octanol–water partition coefficient (Wildman–Crippen LogP) is 0.804. The number of sulfonamides is 1. The Morgan fingerprint density at radius 1 is 1.33 bits per heavy atom. The van der Waals surface area contributed by atoms with E-state index >= 15 is 0 Å². The van der Waals surface area contributed by atoms with Crippen molar-refractivity contribution in [1.29, 1.82) is 0 Å². The summed E-state index contributed by atoms with van der Waals surface area (Å²) in [6, 6.07) is 7.04. The molecule has 2 N–H and O–H groups in total. The number of aromatic nitrogens is 1. The second-order valence-electron chi connectivity index (χ2n) is 6.22. The predicted molar refractivity (Wildman–Crippen MR) is 91.3 cm³/mol. The molecule has 7 nitrogen and oxygen atoms in total. The Labute approximate surface area is 141 Å². The average Bonchev–Trinajstić information content (AvgIpc) is 3.15.